The van der Waals surface area contributed by atoms with Crippen molar-refractivity contribution in [1.29, 1.82) is 0 Å². The second-order valence-corrected chi connectivity index (χ2v) is 8.97. The van der Waals surface area contributed by atoms with Crippen molar-refractivity contribution in [1.82, 2.24) is 20.1 Å². The lowest BCUT2D eigenvalue weighted by Gasteiger charge is -2.29. The van der Waals surface area contributed by atoms with Crippen molar-refractivity contribution >= 4 is 40.1 Å². The molecule has 4 N–H and O–H groups in total. The third kappa shape index (κ3) is 6.06. The number of amides is 2. The van der Waals surface area contributed by atoms with Gasteiger partial charge in [-0.3, -0.25) is 14.6 Å². The van der Waals surface area contributed by atoms with Gasteiger partial charge in [0.15, 0.2) is 0 Å². The summed E-state index contributed by atoms with van der Waals surface area (Å²) in [5, 5.41) is 3.82. The number of nitrogens with zero attached hydrogens (tertiary/aromatic N) is 2. The van der Waals surface area contributed by atoms with Crippen molar-refractivity contribution < 1.29 is 18.0 Å². The first-order valence-corrected chi connectivity index (χ1v) is 11.2. The minimum Gasteiger partial charge on any atom is -0.384 e. The van der Waals surface area contributed by atoms with Crippen molar-refractivity contribution in [3.63, 3.8) is 0 Å². The van der Waals surface area contributed by atoms with Gasteiger partial charge in [0.1, 0.15) is 5.82 Å². The second kappa shape index (κ2) is 10.6. The summed E-state index contributed by atoms with van der Waals surface area (Å²) in [7, 11) is -3.90. The van der Waals surface area contributed by atoms with Crippen LogP contribution in [0.3, 0.4) is 0 Å². The molecule has 0 fully saturated rings. The molecule has 1 aliphatic rings. The molecule has 0 radical (unpaired) electrons. The first-order valence-electron chi connectivity index (χ1n) is 9.74. The normalized spacial score (nSPS) is 14.2. The highest BCUT2D eigenvalue weighted by Gasteiger charge is 2.30. The summed E-state index contributed by atoms with van der Waals surface area (Å²) in [6.45, 7) is 4.02. The molecule has 2 aromatic rings. The molecule has 2 amide bonds. The van der Waals surface area contributed by atoms with Gasteiger partial charge in [-0.15, -0.1) is 17.2 Å². The first-order chi connectivity index (χ1) is 14.7. The zero-order valence-corrected chi connectivity index (χ0v) is 19.4. The molecule has 0 spiro atoms. The van der Waals surface area contributed by atoms with E-state index in [1.807, 2.05) is 0 Å². The number of carbonyl (C=O) groups excluding carboxylic acids is 2. The number of nitrogens with one attached hydrogen (secondary N) is 2. The fraction of sp³-hybridized carbons (Fsp3) is 0.286. The summed E-state index contributed by atoms with van der Waals surface area (Å²) in [4.78, 5) is 31.9. The van der Waals surface area contributed by atoms with Gasteiger partial charge in [-0.05, 0) is 44.0 Å². The van der Waals surface area contributed by atoms with Crippen LogP contribution in [0.5, 0.6) is 0 Å². The quantitative estimate of drug-likeness (QED) is 0.554. The minimum atomic E-state index is -3.90. The molecule has 1 aromatic carbocycles. The fourth-order valence-electron chi connectivity index (χ4n) is 3.20. The van der Waals surface area contributed by atoms with E-state index in [2.05, 4.69) is 15.1 Å². The van der Waals surface area contributed by atoms with Crippen LogP contribution in [0.4, 0.5) is 5.82 Å². The van der Waals surface area contributed by atoms with Gasteiger partial charge < -0.3 is 11.1 Å². The van der Waals surface area contributed by atoms with Crippen LogP contribution in [0, 0.1) is 6.92 Å². The molecule has 1 aromatic heterocycles. The van der Waals surface area contributed by atoms with Crippen molar-refractivity contribution in [3.05, 3.63) is 64.9 Å². The Kier molecular flexibility index (Phi) is 8.37. The SMILES string of the molecule is CC1=C(CC(=O)NCc2ccc(N)nc2C)C(=O)N(NS(=O)(=O)c2ccccc2)CC1.Cl. The average molecular weight is 480 g/mol. The number of nitrogen functional groups attached to an aromatic ring is 1. The number of hydrazine groups is 1. The number of hydrogen-bond acceptors (Lipinski definition) is 6. The molecule has 172 valence electrons. The fourth-order valence-corrected chi connectivity index (χ4v) is 4.29. The Morgan fingerprint density at radius 2 is 1.84 bits per heavy atom. The molecule has 0 bridgehead atoms. The van der Waals surface area contributed by atoms with E-state index >= 15 is 0 Å². The Labute approximate surface area is 193 Å². The Hall–Kier alpha value is -2.95. The maximum Gasteiger partial charge on any atom is 0.265 e. The van der Waals surface area contributed by atoms with E-state index in [0.717, 1.165) is 16.1 Å². The van der Waals surface area contributed by atoms with Gasteiger partial charge in [-0.1, -0.05) is 29.8 Å². The number of halogens is 1. The number of aryl methyl sites for hydroxylation is 1. The lowest BCUT2D eigenvalue weighted by Crippen LogP contribution is -2.49. The molecule has 0 atom stereocenters. The number of nitrogens with two attached hydrogens (primary N) is 1. The number of rotatable bonds is 7. The van der Waals surface area contributed by atoms with Gasteiger partial charge in [-0.25, -0.2) is 13.4 Å². The summed E-state index contributed by atoms with van der Waals surface area (Å²) < 4.78 is 25.1. The predicted octanol–water partition coefficient (Wildman–Crippen LogP) is 1.84. The highest BCUT2D eigenvalue weighted by molar-refractivity contribution is 7.89. The lowest BCUT2D eigenvalue weighted by molar-refractivity contribution is -0.131. The third-order valence-electron chi connectivity index (χ3n) is 5.04. The van der Waals surface area contributed by atoms with E-state index in [1.165, 1.54) is 12.1 Å². The van der Waals surface area contributed by atoms with E-state index in [1.54, 1.807) is 44.2 Å². The number of aromatic nitrogens is 1. The van der Waals surface area contributed by atoms with Gasteiger partial charge in [-0.2, -0.15) is 0 Å². The summed E-state index contributed by atoms with van der Waals surface area (Å²) in [5.74, 6) is -0.463. The molecule has 0 saturated heterocycles. The molecule has 2 heterocycles. The van der Waals surface area contributed by atoms with Gasteiger partial charge in [0.25, 0.3) is 15.9 Å². The maximum absolute atomic E-state index is 12.9. The van der Waals surface area contributed by atoms with Crippen LogP contribution in [0.25, 0.3) is 0 Å². The van der Waals surface area contributed by atoms with Crippen molar-refractivity contribution in [2.24, 2.45) is 0 Å². The largest absolute Gasteiger partial charge is 0.384 e. The van der Waals surface area contributed by atoms with Crippen LogP contribution in [-0.2, 0) is 26.2 Å². The zero-order chi connectivity index (χ0) is 22.6. The number of hydrogen-bond donors (Lipinski definition) is 3. The molecule has 3 rings (SSSR count). The van der Waals surface area contributed by atoms with Crippen LogP contribution < -0.4 is 15.9 Å². The summed E-state index contributed by atoms with van der Waals surface area (Å²) in [5.41, 5.74) is 8.22. The van der Waals surface area contributed by atoms with Gasteiger partial charge in [0.2, 0.25) is 5.91 Å². The first kappa shape index (κ1) is 25.3. The van der Waals surface area contributed by atoms with Crippen LogP contribution in [-0.4, -0.2) is 36.8 Å². The predicted molar refractivity (Wildman–Crippen MR) is 123 cm³/mol. The number of pyridine rings is 1. The highest BCUT2D eigenvalue weighted by atomic mass is 35.5. The van der Waals surface area contributed by atoms with Crippen molar-refractivity contribution in [3.8, 4) is 0 Å². The molecule has 0 aliphatic carbocycles. The topological polar surface area (TPSA) is 134 Å². The third-order valence-corrected chi connectivity index (χ3v) is 6.40. The van der Waals surface area contributed by atoms with E-state index in [-0.39, 0.29) is 48.3 Å². The highest BCUT2D eigenvalue weighted by Crippen LogP contribution is 2.22. The minimum absolute atomic E-state index is 0. The number of benzene rings is 1. The van der Waals surface area contributed by atoms with E-state index in [9.17, 15) is 18.0 Å². The molecule has 11 heteroatoms. The van der Waals surface area contributed by atoms with Crippen LogP contribution >= 0.6 is 12.4 Å². The van der Waals surface area contributed by atoms with Crippen LogP contribution in [0.2, 0.25) is 0 Å². The molecule has 0 unspecified atom stereocenters. The summed E-state index contributed by atoms with van der Waals surface area (Å²) in [6, 6.07) is 11.2. The van der Waals surface area contributed by atoms with E-state index in [0.29, 0.717) is 17.9 Å². The molecular weight excluding hydrogens is 454 g/mol. The maximum atomic E-state index is 12.9. The van der Waals surface area contributed by atoms with E-state index < -0.39 is 15.9 Å². The average Bonchev–Trinajstić information content (AvgIpc) is 2.73. The molecule has 9 nitrogen and oxygen atoms in total. The molecule has 32 heavy (non-hydrogen) atoms. The zero-order valence-electron chi connectivity index (χ0n) is 17.8. The van der Waals surface area contributed by atoms with Gasteiger partial charge in [0, 0.05) is 24.4 Å². The van der Waals surface area contributed by atoms with Crippen molar-refractivity contribution in [2.45, 2.75) is 38.1 Å². The van der Waals surface area contributed by atoms with Crippen LogP contribution in [0.15, 0.2) is 58.5 Å². The molecule has 0 saturated carbocycles. The summed E-state index contributed by atoms with van der Waals surface area (Å²) >= 11 is 0. The summed E-state index contributed by atoms with van der Waals surface area (Å²) in [6.07, 6.45) is 0.322. The smallest absolute Gasteiger partial charge is 0.265 e. The van der Waals surface area contributed by atoms with Crippen LogP contribution in [0.1, 0.15) is 31.0 Å². The second-order valence-electron chi connectivity index (χ2n) is 7.31. The van der Waals surface area contributed by atoms with E-state index in [4.69, 9.17) is 5.73 Å². The standard InChI is InChI=1S/C21H25N5O4S.ClH/c1-14-10-11-26(25-31(29,30)17-6-4-3-5-7-17)21(28)18(14)12-20(27)23-13-16-8-9-19(22)24-15(16)2;/h3-9,25H,10-13H2,1-2H3,(H2,22,24)(H,23,27);1H. The molecular formula is C21H26ClN5O4S. The van der Waals surface area contributed by atoms with Gasteiger partial charge >= 0.3 is 0 Å². The lowest BCUT2D eigenvalue weighted by atomic mass is 9.98. The Morgan fingerprint density at radius 3 is 2.50 bits per heavy atom. The number of sulfonamides is 1. The Bertz CT molecular complexity index is 1140. The number of carbonyl (C=O) groups is 2. The Morgan fingerprint density at radius 1 is 1.16 bits per heavy atom. The van der Waals surface area contributed by atoms with Gasteiger partial charge in [0.05, 0.1) is 11.3 Å². The monoisotopic (exact) mass is 479 g/mol. The Balaban J connectivity index is 0.00000363. The molecule has 1 aliphatic heterocycles. The van der Waals surface area contributed by atoms with Crippen molar-refractivity contribution in [2.75, 3.05) is 12.3 Å². The number of anilines is 1.